The van der Waals surface area contributed by atoms with Crippen LogP contribution >= 0.6 is 0 Å². The fourth-order valence-electron chi connectivity index (χ4n) is 10.9. The maximum atomic E-state index is 13.9. The molecule has 3 atom stereocenters. The average molecular weight is 818 g/mol. The number of aromatic amines is 1. The van der Waals surface area contributed by atoms with E-state index in [0.29, 0.717) is 43.7 Å². The quantitative estimate of drug-likeness (QED) is 0.238. The summed E-state index contributed by atoms with van der Waals surface area (Å²) < 4.78 is 27.8. The van der Waals surface area contributed by atoms with Gasteiger partial charge in [-0.2, -0.15) is 0 Å². The van der Waals surface area contributed by atoms with Crippen LogP contribution in [-0.4, -0.2) is 111 Å². The van der Waals surface area contributed by atoms with E-state index in [2.05, 4.69) is 50.4 Å². The molecule has 6 aliphatic rings. The van der Waals surface area contributed by atoms with Crippen molar-refractivity contribution in [2.24, 2.45) is 5.92 Å². The Morgan fingerprint density at radius 1 is 0.833 bits per heavy atom. The first-order chi connectivity index (χ1) is 29.0. The molecule has 6 aliphatic heterocycles. The summed E-state index contributed by atoms with van der Waals surface area (Å²) in [7, 11) is 0. The zero-order valence-corrected chi connectivity index (χ0v) is 33.7. The molecule has 0 saturated carbocycles. The van der Waals surface area contributed by atoms with Crippen molar-refractivity contribution in [3.63, 3.8) is 0 Å². The van der Waals surface area contributed by atoms with Crippen LogP contribution in [0.4, 0.5) is 14.5 Å². The number of amides is 5. The number of hydrogen-bond donors (Lipinski definition) is 2. The minimum absolute atomic E-state index is 0.0302. The molecule has 1 unspecified atom stereocenters. The molecule has 0 aliphatic carbocycles. The van der Waals surface area contributed by atoms with Crippen molar-refractivity contribution in [3.8, 4) is 0 Å². The Balaban J connectivity index is 0.735. The van der Waals surface area contributed by atoms with E-state index >= 15 is 0 Å². The van der Waals surface area contributed by atoms with Gasteiger partial charge >= 0.3 is 0 Å². The van der Waals surface area contributed by atoms with E-state index in [4.69, 9.17) is 0 Å². The van der Waals surface area contributed by atoms with E-state index in [9.17, 15) is 32.8 Å². The highest BCUT2D eigenvalue weighted by atomic mass is 19.3. The monoisotopic (exact) mass is 817 g/mol. The van der Waals surface area contributed by atoms with E-state index in [1.54, 1.807) is 12.1 Å². The summed E-state index contributed by atoms with van der Waals surface area (Å²) in [5.41, 5.74) is 7.91. The Bertz CT molecular complexity index is 2360. The van der Waals surface area contributed by atoms with Crippen LogP contribution in [0.2, 0.25) is 0 Å². The molecule has 3 saturated heterocycles. The Morgan fingerprint density at radius 3 is 2.15 bits per heavy atom. The number of fused-ring (bicyclic) bond motifs is 5. The number of piperidine rings is 3. The summed E-state index contributed by atoms with van der Waals surface area (Å²) in [6, 6.07) is 19.1. The summed E-state index contributed by atoms with van der Waals surface area (Å²) in [6.07, 6.45) is 1.72. The van der Waals surface area contributed by atoms with Crippen molar-refractivity contribution in [1.29, 1.82) is 0 Å². The molecule has 10 rings (SSSR count). The van der Waals surface area contributed by atoms with Crippen molar-refractivity contribution < 1.29 is 32.8 Å². The van der Waals surface area contributed by atoms with Gasteiger partial charge in [-0.05, 0) is 98.0 Å². The Kier molecular flexibility index (Phi) is 9.82. The van der Waals surface area contributed by atoms with Crippen LogP contribution in [0.15, 0.2) is 60.7 Å². The van der Waals surface area contributed by atoms with Crippen molar-refractivity contribution in [1.82, 2.24) is 29.9 Å². The number of anilines is 1. The highest BCUT2D eigenvalue weighted by Crippen LogP contribution is 2.42. The number of nitrogens with one attached hydrogen (secondary N) is 2. The molecule has 7 heterocycles. The predicted octanol–water partition coefficient (Wildman–Crippen LogP) is 5.39. The lowest BCUT2D eigenvalue weighted by Gasteiger charge is -2.41. The topological polar surface area (TPSA) is 129 Å². The maximum Gasteiger partial charge on any atom is 0.262 e. The number of para-hydroxylation sites is 1. The highest BCUT2D eigenvalue weighted by molar-refractivity contribution is 6.23. The van der Waals surface area contributed by atoms with Crippen LogP contribution in [0.3, 0.4) is 0 Å². The smallest absolute Gasteiger partial charge is 0.262 e. The second-order valence-corrected chi connectivity index (χ2v) is 17.5. The van der Waals surface area contributed by atoms with Crippen LogP contribution in [0.5, 0.6) is 0 Å². The minimum Gasteiger partial charge on any atom is -0.371 e. The van der Waals surface area contributed by atoms with Gasteiger partial charge in [-0.1, -0.05) is 30.3 Å². The van der Waals surface area contributed by atoms with Crippen molar-refractivity contribution >= 4 is 46.1 Å². The summed E-state index contributed by atoms with van der Waals surface area (Å²) in [5, 5.41) is 3.40. The molecule has 2 N–H and O–H groups in total. The second-order valence-electron chi connectivity index (χ2n) is 17.5. The molecule has 0 bridgehead atoms. The number of benzene rings is 3. The fourth-order valence-corrected chi connectivity index (χ4v) is 10.9. The van der Waals surface area contributed by atoms with Gasteiger partial charge in [-0.15, -0.1) is 0 Å². The van der Waals surface area contributed by atoms with Gasteiger partial charge in [-0.25, -0.2) is 8.78 Å². The number of alkyl halides is 2. The molecular weight excluding hydrogens is 769 g/mol. The van der Waals surface area contributed by atoms with Gasteiger partial charge in [-0.3, -0.25) is 44.0 Å². The van der Waals surface area contributed by atoms with Crippen molar-refractivity contribution in [3.05, 3.63) is 99.7 Å². The third kappa shape index (κ3) is 6.68. The summed E-state index contributed by atoms with van der Waals surface area (Å²) >= 11 is 0. The van der Waals surface area contributed by atoms with Crippen LogP contribution in [0.1, 0.15) is 100 Å². The van der Waals surface area contributed by atoms with Gasteiger partial charge in [0.25, 0.3) is 18.2 Å². The number of hydrogen-bond acceptors (Lipinski definition) is 8. The number of aromatic nitrogens is 1. The zero-order chi connectivity index (χ0) is 41.4. The van der Waals surface area contributed by atoms with E-state index in [-0.39, 0.29) is 49.3 Å². The Hall–Kier alpha value is -5.47. The zero-order valence-electron chi connectivity index (χ0n) is 33.7. The van der Waals surface area contributed by atoms with Crippen molar-refractivity contribution in [2.75, 3.05) is 37.6 Å². The molecule has 5 amide bonds. The van der Waals surface area contributed by atoms with Gasteiger partial charge in [0, 0.05) is 86.0 Å². The molecule has 14 heteroatoms. The molecule has 0 spiro atoms. The number of imide groups is 2. The lowest BCUT2D eigenvalue weighted by molar-refractivity contribution is -0.138. The Labute approximate surface area is 346 Å². The third-order valence-corrected chi connectivity index (χ3v) is 14.1. The first kappa shape index (κ1) is 38.7. The summed E-state index contributed by atoms with van der Waals surface area (Å²) in [5.74, 6) is -1.80. The van der Waals surface area contributed by atoms with Gasteiger partial charge in [0.1, 0.15) is 6.04 Å². The number of likely N-dealkylation sites (tertiary alicyclic amines) is 1. The number of H-pyrrole nitrogens is 1. The molecule has 4 aromatic rings. The summed E-state index contributed by atoms with van der Waals surface area (Å²) in [4.78, 5) is 77.9. The maximum absolute atomic E-state index is 13.9. The first-order valence-corrected chi connectivity index (χ1v) is 21.4. The molecule has 1 aromatic heterocycles. The molecule has 0 radical (unpaired) electrons. The molecule has 3 aromatic carbocycles. The van der Waals surface area contributed by atoms with Crippen molar-refractivity contribution in [2.45, 2.75) is 95.6 Å². The van der Waals surface area contributed by atoms with Gasteiger partial charge in [0.15, 0.2) is 0 Å². The predicted molar refractivity (Wildman–Crippen MR) is 219 cm³/mol. The minimum atomic E-state index is -2.44. The third-order valence-electron chi connectivity index (χ3n) is 14.1. The molecular formula is C46H49F2N7O5. The number of rotatable bonds is 7. The van der Waals surface area contributed by atoms with Crippen LogP contribution in [0, 0.1) is 5.92 Å². The number of carbonyl (C=O) groups excluding carboxylic acids is 5. The van der Waals surface area contributed by atoms with Gasteiger partial charge in [0.05, 0.1) is 23.7 Å². The van der Waals surface area contributed by atoms with E-state index in [1.807, 2.05) is 34.9 Å². The Morgan fingerprint density at radius 2 is 1.50 bits per heavy atom. The average Bonchev–Trinajstić information content (AvgIpc) is 3.91. The molecule has 312 valence electrons. The van der Waals surface area contributed by atoms with E-state index in [1.165, 1.54) is 5.56 Å². The molecule has 12 nitrogen and oxygen atoms in total. The molecule has 60 heavy (non-hydrogen) atoms. The van der Waals surface area contributed by atoms with E-state index in [0.717, 1.165) is 82.6 Å². The van der Waals surface area contributed by atoms with Crippen LogP contribution in [-0.2, 0) is 33.9 Å². The van der Waals surface area contributed by atoms with Gasteiger partial charge < -0.3 is 14.8 Å². The largest absolute Gasteiger partial charge is 0.371 e. The van der Waals surface area contributed by atoms with E-state index < -0.39 is 36.1 Å². The first-order valence-electron chi connectivity index (χ1n) is 21.4. The van der Waals surface area contributed by atoms with Crippen LogP contribution in [0.25, 0.3) is 10.9 Å². The number of halogens is 2. The summed E-state index contributed by atoms with van der Waals surface area (Å²) in [6.45, 7) is 5.96. The lowest BCUT2D eigenvalue weighted by Crippen LogP contribution is -2.54. The fraction of sp³-hybridized carbons (Fsp3) is 0.457. The normalized spacial score (nSPS) is 24.4. The SMILES string of the molecule is C[C@@H]1Cc2c([nH]c3ccccc23)[C@@H](c2ccc(N3CCC(C(=O)N4CCC(N5Cc6cc7c(cc6C5)C(=O)N(C5CCC(=O)NC5=O)C7=O)CC4)CC3)cc2)N1CC(F)F. The second kappa shape index (κ2) is 15.2. The highest BCUT2D eigenvalue weighted by Gasteiger charge is 2.46. The number of nitrogens with zero attached hydrogens (tertiary/aromatic N) is 5. The van der Waals surface area contributed by atoms with Gasteiger partial charge in [0.2, 0.25) is 17.7 Å². The lowest BCUT2D eigenvalue weighted by atomic mass is 9.88. The van der Waals surface area contributed by atoms with Crippen LogP contribution < -0.4 is 10.2 Å². The molecule has 3 fully saturated rings. The standard InChI is InChI=1S/C46H49F2N7O5/c1-26-20-34-33-4-2-3-5-37(33)49-41(34)42(54(26)25-39(47)48)27-6-8-31(9-7-27)51-16-12-28(13-17-51)44(58)52-18-14-32(15-19-52)53-23-29-21-35-36(22-30(29)24-53)46(60)55(45(35)59)38-10-11-40(56)50-43(38)57/h2-9,21-22,26,28,32,38-39,42,49H,10-20,23-25H2,1H3,(H,50,56,57)/t26-,38?,42-/m1/s1. The number of carbonyl (C=O) groups is 5.